The fourth-order valence-corrected chi connectivity index (χ4v) is 3.17. The van der Waals surface area contributed by atoms with Crippen molar-refractivity contribution in [2.75, 3.05) is 4.90 Å². The number of phenolic OH excluding ortho intramolecular Hbond substituents is 2. The number of hydrogen-bond donors (Lipinski definition) is 2. The van der Waals surface area contributed by atoms with Crippen molar-refractivity contribution >= 4 is 22.6 Å². The molecule has 142 valence electrons. The fraction of sp³-hybridized carbons (Fsp3) is 0.350. The van der Waals surface area contributed by atoms with E-state index < -0.39 is 0 Å². The van der Waals surface area contributed by atoms with Crippen molar-refractivity contribution in [2.45, 2.75) is 39.7 Å². The van der Waals surface area contributed by atoms with Crippen LogP contribution in [0.25, 0.3) is 11.0 Å². The smallest absolute Gasteiger partial charge is 0.262 e. The van der Waals surface area contributed by atoms with E-state index in [0.717, 1.165) is 11.0 Å². The summed E-state index contributed by atoms with van der Waals surface area (Å²) in [5.41, 5.74) is 2.11. The van der Waals surface area contributed by atoms with Crippen LogP contribution < -0.4 is 4.90 Å². The monoisotopic (exact) mass is 368 g/mol. The lowest BCUT2D eigenvalue weighted by molar-refractivity contribution is 0.0977. The molecule has 0 aliphatic rings. The molecule has 0 atom stereocenters. The number of benzene rings is 1. The van der Waals surface area contributed by atoms with Gasteiger partial charge < -0.3 is 15.1 Å². The van der Waals surface area contributed by atoms with Crippen molar-refractivity contribution in [3.8, 4) is 11.5 Å². The van der Waals surface area contributed by atoms with E-state index in [4.69, 9.17) is 0 Å². The molecule has 0 saturated heterocycles. The van der Waals surface area contributed by atoms with Gasteiger partial charge in [0.05, 0.1) is 23.6 Å². The summed E-state index contributed by atoms with van der Waals surface area (Å²) in [5.74, 6) is -0.607. The highest BCUT2D eigenvalue weighted by Crippen LogP contribution is 2.34. The summed E-state index contributed by atoms with van der Waals surface area (Å²) in [6.07, 6.45) is 3.33. The maximum absolute atomic E-state index is 13.3. The lowest BCUT2D eigenvalue weighted by atomic mass is 9.98. The topological polar surface area (TPSA) is 91.5 Å². The van der Waals surface area contributed by atoms with Gasteiger partial charge in [0.25, 0.3) is 5.91 Å². The first-order chi connectivity index (χ1) is 12.7. The Labute approximate surface area is 157 Å². The number of rotatable bonds is 4. The first kappa shape index (κ1) is 18.7. The lowest BCUT2D eigenvalue weighted by Gasteiger charge is -2.27. The number of carbonyl (C=O) groups excluding carboxylic acids is 1. The Morgan fingerprint density at radius 3 is 2.41 bits per heavy atom. The van der Waals surface area contributed by atoms with Crippen LogP contribution in [0.3, 0.4) is 0 Å². The Bertz CT molecular complexity index is 1010. The summed E-state index contributed by atoms with van der Waals surface area (Å²) >= 11 is 0. The maximum atomic E-state index is 13.3. The molecule has 0 aliphatic heterocycles. The molecule has 27 heavy (non-hydrogen) atoms. The normalized spacial score (nSPS) is 11.5. The number of nitrogens with zero attached hydrogens (tertiary/aromatic N) is 4. The fourth-order valence-electron chi connectivity index (χ4n) is 3.17. The van der Waals surface area contributed by atoms with E-state index >= 15 is 0 Å². The van der Waals surface area contributed by atoms with Gasteiger partial charge in [-0.15, -0.1) is 0 Å². The average molecular weight is 368 g/mol. The molecule has 2 aromatic heterocycles. The number of aromatic hydroxyl groups is 2. The van der Waals surface area contributed by atoms with Crippen LogP contribution in [-0.2, 0) is 7.05 Å². The van der Waals surface area contributed by atoms with Gasteiger partial charge in [-0.2, -0.15) is 5.10 Å². The van der Waals surface area contributed by atoms with Crippen LogP contribution in [0.1, 0.15) is 49.5 Å². The lowest BCUT2D eigenvalue weighted by Crippen LogP contribution is -2.37. The minimum atomic E-state index is -0.352. The number of pyridine rings is 1. The second kappa shape index (κ2) is 6.90. The predicted molar refractivity (Wildman–Crippen MR) is 104 cm³/mol. The second-order valence-corrected chi connectivity index (χ2v) is 7.23. The molecular weight excluding hydrogens is 344 g/mol. The SMILES string of the molecule is CC(C)c1cc(C(=O)N(c2cnc3c(cnn3C)c2)C(C)C)c(O)cc1O. The van der Waals surface area contributed by atoms with Gasteiger partial charge in [0, 0.05) is 24.5 Å². The van der Waals surface area contributed by atoms with Crippen molar-refractivity contribution in [2.24, 2.45) is 7.05 Å². The Hall–Kier alpha value is -3.09. The van der Waals surface area contributed by atoms with Gasteiger partial charge in [-0.1, -0.05) is 13.8 Å². The molecule has 0 spiro atoms. The van der Waals surface area contributed by atoms with Crippen LogP contribution in [-0.4, -0.2) is 36.9 Å². The summed E-state index contributed by atoms with van der Waals surface area (Å²) in [5, 5.41) is 25.3. The number of fused-ring (bicyclic) bond motifs is 1. The summed E-state index contributed by atoms with van der Waals surface area (Å²) < 4.78 is 1.67. The van der Waals surface area contributed by atoms with Gasteiger partial charge in [-0.25, -0.2) is 4.98 Å². The van der Waals surface area contributed by atoms with Crippen LogP contribution in [0, 0.1) is 0 Å². The van der Waals surface area contributed by atoms with Gasteiger partial charge in [-0.3, -0.25) is 9.48 Å². The molecule has 1 aromatic carbocycles. The second-order valence-electron chi connectivity index (χ2n) is 7.23. The van der Waals surface area contributed by atoms with Crippen molar-refractivity contribution in [1.82, 2.24) is 14.8 Å². The summed E-state index contributed by atoms with van der Waals surface area (Å²) in [7, 11) is 1.81. The molecule has 7 nitrogen and oxygen atoms in total. The van der Waals surface area contributed by atoms with Crippen LogP contribution in [0.2, 0.25) is 0 Å². The number of aromatic nitrogens is 3. The zero-order chi connectivity index (χ0) is 19.9. The van der Waals surface area contributed by atoms with Crippen LogP contribution >= 0.6 is 0 Å². The highest BCUT2D eigenvalue weighted by Gasteiger charge is 2.26. The van der Waals surface area contributed by atoms with Crippen LogP contribution in [0.5, 0.6) is 11.5 Å². The van der Waals surface area contributed by atoms with Gasteiger partial charge >= 0.3 is 0 Å². The predicted octanol–water partition coefficient (Wildman–Crippen LogP) is 3.56. The average Bonchev–Trinajstić information content (AvgIpc) is 2.95. The molecule has 0 fully saturated rings. The van der Waals surface area contributed by atoms with E-state index in [2.05, 4.69) is 10.1 Å². The molecule has 0 aliphatic carbocycles. The molecule has 7 heteroatoms. The molecule has 3 aromatic rings. The molecule has 3 rings (SSSR count). The largest absolute Gasteiger partial charge is 0.508 e. The van der Waals surface area contributed by atoms with E-state index in [1.807, 2.05) is 40.8 Å². The minimum absolute atomic E-state index is 0.0121. The molecule has 0 saturated carbocycles. The first-order valence-corrected chi connectivity index (χ1v) is 8.88. The number of aryl methyl sites for hydroxylation is 1. The van der Waals surface area contributed by atoms with Gasteiger partial charge in [0.2, 0.25) is 0 Å². The van der Waals surface area contributed by atoms with E-state index in [1.54, 1.807) is 28.0 Å². The number of amides is 1. The van der Waals surface area contributed by atoms with E-state index in [9.17, 15) is 15.0 Å². The summed E-state index contributed by atoms with van der Waals surface area (Å²) in [6.45, 7) is 7.62. The molecule has 0 unspecified atom stereocenters. The molecule has 2 N–H and O–H groups in total. The van der Waals surface area contributed by atoms with Crippen molar-refractivity contribution in [1.29, 1.82) is 0 Å². The van der Waals surface area contributed by atoms with Crippen LogP contribution in [0.4, 0.5) is 5.69 Å². The van der Waals surface area contributed by atoms with Gasteiger partial charge in [0.15, 0.2) is 5.65 Å². The zero-order valence-electron chi connectivity index (χ0n) is 16.1. The Morgan fingerprint density at radius 2 is 1.78 bits per heavy atom. The van der Waals surface area contributed by atoms with Crippen molar-refractivity contribution in [3.63, 3.8) is 0 Å². The third kappa shape index (κ3) is 3.32. The number of phenols is 2. The molecule has 0 radical (unpaired) electrons. The first-order valence-electron chi connectivity index (χ1n) is 8.88. The van der Waals surface area contributed by atoms with Gasteiger partial charge in [-0.05, 0) is 37.5 Å². The van der Waals surface area contributed by atoms with Gasteiger partial charge in [0.1, 0.15) is 11.5 Å². The molecular formula is C20H24N4O3. The molecule has 2 heterocycles. The minimum Gasteiger partial charge on any atom is -0.508 e. The standard InChI is InChI=1S/C20H24N4O3/c1-11(2)15-7-16(18(26)8-17(15)25)20(27)24(12(3)4)14-6-13-9-22-23(5)19(13)21-10-14/h6-12,25-26H,1-5H3. The zero-order valence-corrected chi connectivity index (χ0v) is 16.1. The molecule has 1 amide bonds. The van der Waals surface area contributed by atoms with E-state index in [0.29, 0.717) is 11.3 Å². The Balaban J connectivity index is 2.09. The van der Waals surface area contributed by atoms with E-state index in [1.165, 1.54) is 6.07 Å². The quantitative estimate of drug-likeness (QED) is 0.735. The van der Waals surface area contributed by atoms with Crippen molar-refractivity contribution < 1.29 is 15.0 Å². The Kier molecular flexibility index (Phi) is 4.78. The summed E-state index contributed by atoms with van der Waals surface area (Å²) in [4.78, 5) is 19.3. The van der Waals surface area contributed by atoms with E-state index in [-0.39, 0.29) is 34.9 Å². The highest BCUT2D eigenvalue weighted by atomic mass is 16.3. The number of carbonyl (C=O) groups is 1. The third-order valence-corrected chi connectivity index (χ3v) is 4.57. The third-order valence-electron chi connectivity index (χ3n) is 4.57. The molecule has 0 bridgehead atoms. The van der Waals surface area contributed by atoms with Crippen LogP contribution in [0.15, 0.2) is 30.6 Å². The number of hydrogen-bond acceptors (Lipinski definition) is 5. The Morgan fingerprint density at radius 1 is 1.07 bits per heavy atom. The summed E-state index contributed by atoms with van der Waals surface area (Å²) in [6, 6.07) is 4.48. The number of anilines is 1. The maximum Gasteiger partial charge on any atom is 0.262 e. The highest BCUT2D eigenvalue weighted by molar-refractivity contribution is 6.09. The van der Waals surface area contributed by atoms with Crippen molar-refractivity contribution in [3.05, 3.63) is 41.7 Å².